The third-order valence-corrected chi connectivity index (χ3v) is 6.36. The fourth-order valence-corrected chi connectivity index (χ4v) is 4.06. The van der Waals surface area contributed by atoms with Crippen molar-refractivity contribution in [3.05, 3.63) is 24.9 Å². The number of hydrogen-bond acceptors (Lipinski definition) is 5. The Bertz CT molecular complexity index is 796. The molecule has 0 N–H and O–H groups in total. The molecule has 1 fully saturated rings. The lowest BCUT2D eigenvalue weighted by molar-refractivity contribution is 0.182. The normalized spacial score (nSPS) is 21.7. The van der Waals surface area contributed by atoms with Crippen LogP contribution in [-0.4, -0.2) is 64.9 Å². The summed E-state index contributed by atoms with van der Waals surface area (Å²) in [5, 5.41) is 0. The Balaban J connectivity index is 1.87. The second-order valence-electron chi connectivity index (χ2n) is 6.17. The van der Waals surface area contributed by atoms with Crippen LogP contribution in [0, 0.1) is 5.92 Å². The van der Waals surface area contributed by atoms with Crippen molar-refractivity contribution in [2.24, 2.45) is 5.92 Å². The molecular formula is C15H23N5O3S. The Labute approximate surface area is 142 Å². The molecule has 0 spiro atoms. The third-order valence-electron chi connectivity index (χ3n) is 4.40. The van der Waals surface area contributed by atoms with Crippen molar-refractivity contribution >= 4 is 10.0 Å². The highest BCUT2D eigenvalue weighted by atomic mass is 32.2. The first-order valence-electron chi connectivity index (χ1n) is 7.95. The van der Waals surface area contributed by atoms with Crippen LogP contribution < -0.4 is 0 Å². The first-order chi connectivity index (χ1) is 11.4. The minimum atomic E-state index is -3.28. The zero-order valence-electron chi connectivity index (χ0n) is 14.2. The van der Waals surface area contributed by atoms with Crippen LogP contribution in [-0.2, 0) is 21.3 Å². The molecule has 2 aromatic heterocycles. The van der Waals surface area contributed by atoms with Crippen LogP contribution in [0.3, 0.4) is 0 Å². The van der Waals surface area contributed by atoms with E-state index in [1.54, 1.807) is 26.6 Å². The van der Waals surface area contributed by atoms with Gasteiger partial charge in [-0.2, -0.15) is 0 Å². The lowest BCUT2D eigenvalue weighted by Crippen LogP contribution is -2.32. The summed E-state index contributed by atoms with van der Waals surface area (Å²) < 4.78 is 35.3. The van der Waals surface area contributed by atoms with Gasteiger partial charge in [-0.05, 0) is 6.92 Å². The Morgan fingerprint density at radius 3 is 2.79 bits per heavy atom. The lowest BCUT2D eigenvalue weighted by atomic mass is 10.1. The highest BCUT2D eigenvalue weighted by molar-refractivity contribution is 7.89. The zero-order chi connectivity index (χ0) is 17.3. The van der Waals surface area contributed by atoms with E-state index < -0.39 is 10.0 Å². The molecule has 3 heterocycles. The molecule has 24 heavy (non-hydrogen) atoms. The summed E-state index contributed by atoms with van der Waals surface area (Å²) >= 11 is 0. The van der Waals surface area contributed by atoms with Gasteiger partial charge in [-0.3, -0.25) is 0 Å². The monoisotopic (exact) mass is 353 g/mol. The molecule has 1 aliphatic rings. The molecule has 3 rings (SSSR count). The van der Waals surface area contributed by atoms with Gasteiger partial charge in [0.15, 0.2) is 5.82 Å². The van der Waals surface area contributed by atoms with Crippen LogP contribution in [0.25, 0.3) is 11.5 Å². The van der Waals surface area contributed by atoms with E-state index in [1.807, 2.05) is 28.5 Å². The minimum Gasteiger partial charge on any atom is -0.379 e. The first-order valence-corrected chi connectivity index (χ1v) is 9.56. The van der Waals surface area contributed by atoms with E-state index in [-0.39, 0.29) is 17.7 Å². The van der Waals surface area contributed by atoms with Gasteiger partial charge in [0.05, 0.1) is 31.3 Å². The summed E-state index contributed by atoms with van der Waals surface area (Å²) in [6.07, 6.45) is 7.30. The molecule has 0 amide bonds. The van der Waals surface area contributed by atoms with Gasteiger partial charge in [0, 0.05) is 45.1 Å². The van der Waals surface area contributed by atoms with Crippen LogP contribution in [0.1, 0.15) is 13.0 Å². The predicted molar refractivity (Wildman–Crippen MR) is 89.9 cm³/mol. The van der Waals surface area contributed by atoms with Gasteiger partial charge in [-0.1, -0.05) is 0 Å². The maximum absolute atomic E-state index is 12.2. The van der Waals surface area contributed by atoms with Gasteiger partial charge in [0.1, 0.15) is 5.69 Å². The Hall–Kier alpha value is -1.71. The highest BCUT2D eigenvalue weighted by Crippen LogP contribution is 2.31. The molecule has 132 valence electrons. The van der Waals surface area contributed by atoms with E-state index in [9.17, 15) is 8.42 Å². The topological polar surface area (TPSA) is 82.2 Å². The molecule has 0 aliphatic carbocycles. The molecule has 0 aromatic carbocycles. The van der Waals surface area contributed by atoms with E-state index in [1.165, 1.54) is 4.31 Å². The third kappa shape index (κ3) is 3.24. The number of aryl methyl sites for hydroxylation is 1. The van der Waals surface area contributed by atoms with E-state index in [0.717, 1.165) is 18.1 Å². The molecule has 9 heteroatoms. The molecule has 1 saturated heterocycles. The fourth-order valence-electron chi connectivity index (χ4n) is 2.90. The summed E-state index contributed by atoms with van der Waals surface area (Å²) in [5.74, 6) is 0.689. The van der Waals surface area contributed by atoms with Crippen LogP contribution >= 0.6 is 0 Å². The van der Waals surface area contributed by atoms with Gasteiger partial charge < -0.3 is 13.9 Å². The van der Waals surface area contributed by atoms with Crippen LogP contribution in [0.4, 0.5) is 0 Å². The Morgan fingerprint density at radius 2 is 2.12 bits per heavy atom. The Kier molecular flexibility index (Phi) is 4.75. The molecule has 0 saturated carbocycles. The average Bonchev–Trinajstić information content (AvgIpc) is 3.25. The highest BCUT2D eigenvalue weighted by Gasteiger charge is 2.35. The van der Waals surface area contributed by atoms with Crippen molar-refractivity contribution in [1.82, 2.24) is 23.4 Å². The first kappa shape index (κ1) is 17.1. The fraction of sp³-hybridized carbons (Fsp3) is 0.600. The van der Waals surface area contributed by atoms with E-state index in [2.05, 4.69) is 9.97 Å². The number of rotatable bonds is 6. The number of sulfonamides is 1. The number of nitrogens with zero attached hydrogens (tertiary/aromatic N) is 5. The standard InChI is InChI=1S/C15H23N5O3S/c1-4-19-7-13(17-11-19)15-16-5-6-20(15)14-9-23-8-12(14)10-24(21,22)18(2)3/h5-7,11-12,14H,4,8-10H2,1-3H3/t12-,14+/m0/s1. The van der Waals surface area contributed by atoms with Crippen molar-refractivity contribution in [3.63, 3.8) is 0 Å². The molecule has 0 bridgehead atoms. The maximum atomic E-state index is 12.2. The van der Waals surface area contributed by atoms with Crippen molar-refractivity contribution in [2.45, 2.75) is 19.5 Å². The van der Waals surface area contributed by atoms with Crippen LogP contribution in [0.15, 0.2) is 24.9 Å². The quantitative estimate of drug-likeness (QED) is 0.769. The van der Waals surface area contributed by atoms with Gasteiger partial charge in [-0.25, -0.2) is 22.7 Å². The predicted octanol–water partition coefficient (Wildman–Crippen LogP) is 0.845. The number of ether oxygens (including phenoxy) is 1. The number of hydrogen-bond donors (Lipinski definition) is 0. The second-order valence-corrected chi connectivity index (χ2v) is 8.40. The summed E-state index contributed by atoms with van der Waals surface area (Å²) in [7, 11) is -0.172. The number of imidazole rings is 2. The largest absolute Gasteiger partial charge is 0.379 e. The van der Waals surface area contributed by atoms with Gasteiger partial charge in [0.2, 0.25) is 10.0 Å². The molecular weight excluding hydrogens is 330 g/mol. The van der Waals surface area contributed by atoms with Gasteiger partial charge in [-0.15, -0.1) is 0 Å². The van der Waals surface area contributed by atoms with Gasteiger partial charge >= 0.3 is 0 Å². The van der Waals surface area contributed by atoms with Crippen LogP contribution in [0.5, 0.6) is 0 Å². The molecule has 8 nitrogen and oxygen atoms in total. The number of aromatic nitrogens is 4. The van der Waals surface area contributed by atoms with E-state index in [0.29, 0.717) is 13.2 Å². The maximum Gasteiger partial charge on any atom is 0.214 e. The SMILES string of the molecule is CCn1cnc(-c2nccn2[C@@H]2COC[C@H]2CS(=O)(=O)N(C)C)c1. The summed E-state index contributed by atoms with van der Waals surface area (Å²) in [5.41, 5.74) is 0.781. The summed E-state index contributed by atoms with van der Waals surface area (Å²) in [6.45, 7) is 3.79. The van der Waals surface area contributed by atoms with Crippen molar-refractivity contribution < 1.29 is 13.2 Å². The molecule has 1 aliphatic heterocycles. The van der Waals surface area contributed by atoms with Crippen LogP contribution in [0.2, 0.25) is 0 Å². The summed E-state index contributed by atoms with van der Waals surface area (Å²) in [6, 6.07) is -0.0657. The molecule has 0 unspecified atom stereocenters. The van der Waals surface area contributed by atoms with Gasteiger partial charge in [0.25, 0.3) is 0 Å². The van der Waals surface area contributed by atoms with Crippen molar-refractivity contribution in [1.29, 1.82) is 0 Å². The molecule has 2 atom stereocenters. The Morgan fingerprint density at radius 1 is 1.33 bits per heavy atom. The van der Waals surface area contributed by atoms with E-state index in [4.69, 9.17) is 4.74 Å². The van der Waals surface area contributed by atoms with Crippen molar-refractivity contribution in [2.75, 3.05) is 33.1 Å². The summed E-state index contributed by atoms with van der Waals surface area (Å²) in [4.78, 5) is 8.82. The van der Waals surface area contributed by atoms with E-state index >= 15 is 0 Å². The lowest BCUT2D eigenvalue weighted by Gasteiger charge is -2.22. The molecule has 0 radical (unpaired) electrons. The smallest absolute Gasteiger partial charge is 0.214 e. The zero-order valence-corrected chi connectivity index (χ0v) is 15.0. The minimum absolute atomic E-state index is 0.0612. The molecule has 2 aromatic rings. The average molecular weight is 353 g/mol. The second kappa shape index (κ2) is 6.66. The van der Waals surface area contributed by atoms with Crippen molar-refractivity contribution in [3.8, 4) is 11.5 Å².